The predicted octanol–water partition coefficient (Wildman–Crippen LogP) is 2.99. The molecule has 2 rings (SSSR count). The van der Waals surface area contributed by atoms with Crippen molar-refractivity contribution in [3.05, 3.63) is 0 Å². The molecule has 0 radical (unpaired) electrons. The average molecular weight is 284 g/mol. The molecular weight excluding hydrogens is 252 g/mol. The quantitative estimate of drug-likeness (QED) is 0.837. The van der Waals surface area contributed by atoms with Crippen molar-refractivity contribution in [2.75, 3.05) is 6.61 Å². The van der Waals surface area contributed by atoms with Crippen molar-refractivity contribution in [1.29, 1.82) is 0 Å². The molecular formula is C17H32O3. The second kappa shape index (κ2) is 5.58. The van der Waals surface area contributed by atoms with E-state index in [9.17, 15) is 10.2 Å². The molecule has 3 nitrogen and oxygen atoms in total. The van der Waals surface area contributed by atoms with Crippen LogP contribution in [0.25, 0.3) is 0 Å². The van der Waals surface area contributed by atoms with Crippen LogP contribution in [0.15, 0.2) is 0 Å². The van der Waals surface area contributed by atoms with Crippen LogP contribution in [0, 0.1) is 23.7 Å². The molecule has 2 N–H and O–H groups in total. The maximum atomic E-state index is 11.3. The highest BCUT2D eigenvalue weighted by Gasteiger charge is 2.59. The maximum Gasteiger partial charge on any atom is 0.0917 e. The fourth-order valence-corrected chi connectivity index (χ4v) is 4.66. The van der Waals surface area contributed by atoms with E-state index in [0.29, 0.717) is 37.2 Å². The Balaban J connectivity index is 2.40. The van der Waals surface area contributed by atoms with Gasteiger partial charge in [0.1, 0.15) is 0 Å². The molecule has 0 heterocycles. The summed E-state index contributed by atoms with van der Waals surface area (Å²) in [5.41, 5.74) is -1.49. The Labute approximate surface area is 123 Å². The normalized spacial score (nSPS) is 49.2. The first-order valence-electron chi connectivity index (χ1n) is 8.30. The molecule has 6 atom stereocenters. The molecule has 0 aromatic heterocycles. The van der Waals surface area contributed by atoms with Gasteiger partial charge in [-0.25, -0.2) is 0 Å². The third kappa shape index (κ3) is 2.53. The van der Waals surface area contributed by atoms with E-state index in [1.54, 1.807) is 0 Å². The zero-order chi connectivity index (χ0) is 15.1. The summed E-state index contributed by atoms with van der Waals surface area (Å²) in [5.74, 6) is 1.28. The van der Waals surface area contributed by atoms with Crippen LogP contribution in [0.3, 0.4) is 0 Å². The molecule has 6 unspecified atom stereocenters. The lowest BCUT2D eigenvalue weighted by atomic mass is 9.53. The Morgan fingerprint density at radius 1 is 1.20 bits per heavy atom. The summed E-state index contributed by atoms with van der Waals surface area (Å²) in [6.07, 6.45) is 3.28. The van der Waals surface area contributed by atoms with Crippen LogP contribution >= 0.6 is 0 Å². The zero-order valence-electron chi connectivity index (χ0n) is 13.7. The highest BCUT2D eigenvalue weighted by atomic mass is 16.5. The maximum absolute atomic E-state index is 11.3. The van der Waals surface area contributed by atoms with Crippen LogP contribution in [0.1, 0.15) is 60.3 Å². The smallest absolute Gasteiger partial charge is 0.0917 e. The first-order valence-corrected chi connectivity index (χ1v) is 8.30. The third-order valence-corrected chi connectivity index (χ3v) is 6.00. The van der Waals surface area contributed by atoms with Crippen molar-refractivity contribution in [3.63, 3.8) is 0 Å². The molecule has 0 saturated heterocycles. The molecule has 20 heavy (non-hydrogen) atoms. The van der Waals surface area contributed by atoms with Gasteiger partial charge in [0.25, 0.3) is 0 Å². The fourth-order valence-electron chi connectivity index (χ4n) is 4.66. The number of hydrogen-bond acceptors (Lipinski definition) is 3. The van der Waals surface area contributed by atoms with E-state index in [4.69, 9.17) is 4.74 Å². The molecule has 0 bridgehead atoms. The number of fused-ring (bicyclic) bond motifs is 1. The molecule has 2 saturated carbocycles. The minimum Gasteiger partial charge on any atom is -0.389 e. The van der Waals surface area contributed by atoms with Crippen LogP contribution < -0.4 is 0 Å². The molecule has 118 valence electrons. The number of rotatable bonds is 3. The molecule has 0 amide bonds. The zero-order valence-corrected chi connectivity index (χ0v) is 13.7. The lowest BCUT2D eigenvalue weighted by Gasteiger charge is -2.59. The Bertz CT molecular complexity index is 339. The van der Waals surface area contributed by atoms with Gasteiger partial charge in [-0.15, -0.1) is 0 Å². The Morgan fingerprint density at radius 2 is 1.85 bits per heavy atom. The second-order valence-electron chi connectivity index (χ2n) is 7.64. The summed E-state index contributed by atoms with van der Waals surface area (Å²) in [4.78, 5) is 0. The Hall–Kier alpha value is -0.120. The highest BCUT2D eigenvalue weighted by molar-refractivity contribution is 5.10. The number of aliphatic hydroxyl groups is 2. The van der Waals surface area contributed by atoms with Crippen LogP contribution in [-0.2, 0) is 4.74 Å². The van der Waals surface area contributed by atoms with Gasteiger partial charge in [-0.05, 0) is 57.3 Å². The summed E-state index contributed by atoms with van der Waals surface area (Å²) in [7, 11) is 0. The van der Waals surface area contributed by atoms with Gasteiger partial charge >= 0.3 is 0 Å². The summed E-state index contributed by atoms with van der Waals surface area (Å²) >= 11 is 0. The summed E-state index contributed by atoms with van der Waals surface area (Å²) in [5, 5.41) is 22.1. The largest absolute Gasteiger partial charge is 0.389 e. The van der Waals surface area contributed by atoms with E-state index in [2.05, 4.69) is 20.8 Å². The van der Waals surface area contributed by atoms with E-state index < -0.39 is 11.2 Å². The summed E-state index contributed by atoms with van der Waals surface area (Å²) < 4.78 is 5.95. The van der Waals surface area contributed by atoms with Gasteiger partial charge < -0.3 is 14.9 Å². The van der Waals surface area contributed by atoms with Crippen molar-refractivity contribution in [3.8, 4) is 0 Å². The SMILES string of the molecule is CCOC1C2C(C(C)C)CCC(C)C2(O)CCC1(C)O. The standard InChI is InChI=1S/C17H32O3/c1-6-20-15-14-13(11(2)3)8-7-12(4)17(14,19)10-9-16(15,5)18/h11-15,18-19H,6-10H2,1-5H3. The lowest BCUT2D eigenvalue weighted by molar-refractivity contribution is -0.249. The Kier molecular flexibility index (Phi) is 4.54. The molecule has 2 fully saturated rings. The summed E-state index contributed by atoms with van der Waals surface area (Å²) in [6, 6.07) is 0. The van der Waals surface area contributed by atoms with E-state index in [0.717, 1.165) is 12.8 Å². The lowest BCUT2D eigenvalue weighted by Crippen LogP contribution is -2.66. The molecule has 3 heteroatoms. The number of hydrogen-bond donors (Lipinski definition) is 2. The van der Waals surface area contributed by atoms with E-state index in [1.165, 1.54) is 0 Å². The first-order chi connectivity index (χ1) is 9.24. The van der Waals surface area contributed by atoms with Gasteiger partial charge in [0.2, 0.25) is 0 Å². The average Bonchev–Trinajstić information content (AvgIpc) is 2.36. The highest BCUT2D eigenvalue weighted by Crippen LogP contribution is 2.54. The van der Waals surface area contributed by atoms with Crippen LogP contribution in [-0.4, -0.2) is 34.1 Å². The molecule has 2 aliphatic carbocycles. The van der Waals surface area contributed by atoms with Crippen molar-refractivity contribution in [1.82, 2.24) is 0 Å². The fraction of sp³-hybridized carbons (Fsp3) is 1.00. The molecule has 0 aromatic carbocycles. The van der Waals surface area contributed by atoms with Crippen LogP contribution in [0.2, 0.25) is 0 Å². The molecule has 0 aromatic rings. The first kappa shape index (κ1) is 16.3. The van der Waals surface area contributed by atoms with Crippen molar-refractivity contribution >= 4 is 0 Å². The summed E-state index contributed by atoms with van der Waals surface area (Å²) in [6.45, 7) is 11.1. The predicted molar refractivity (Wildman–Crippen MR) is 80.4 cm³/mol. The van der Waals surface area contributed by atoms with Gasteiger partial charge in [-0.1, -0.05) is 20.8 Å². The minimum atomic E-state index is -0.822. The monoisotopic (exact) mass is 284 g/mol. The third-order valence-electron chi connectivity index (χ3n) is 6.00. The number of ether oxygens (including phenoxy) is 1. The molecule has 0 spiro atoms. The van der Waals surface area contributed by atoms with Crippen molar-refractivity contribution in [2.45, 2.75) is 77.6 Å². The van der Waals surface area contributed by atoms with Gasteiger partial charge in [-0.3, -0.25) is 0 Å². The Morgan fingerprint density at radius 3 is 2.40 bits per heavy atom. The van der Waals surface area contributed by atoms with Gasteiger partial charge in [0, 0.05) is 12.5 Å². The van der Waals surface area contributed by atoms with E-state index in [-0.39, 0.29) is 12.0 Å². The van der Waals surface area contributed by atoms with Crippen LogP contribution in [0.4, 0.5) is 0 Å². The van der Waals surface area contributed by atoms with Gasteiger partial charge in [-0.2, -0.15) is 0 Å². The second-order valence-corrected chi connectivity index (χ2v) is 7.64. The molecule has 0 aliphatic heterocycles. The van der Waals surface area contributed by atoms with Crippen molar-refractivity contribution in [2.24, 2.45) is 23.7 Å². The topological polar surface area (TPSA) is 49.7 Å². The minimum absolute atomic E-state index is 0.0509. The van der Waals surface area contributed by atoms with Crippen molar-refractivity contribution < 1.29 is 14.9 Å². The van der Waals surface area contributed by atoms with Gasteiger partial charge in [0.05, 0.1) is 17.3 Å². The van der Waals surface area contributed by atoms with Crippen LogP contribution in [0.5, 0.6) is 0 Å². The van der Waals surface area contributed by atoms with Gasteiger partial charge in [0.15, 0.2) is 0 Å². The van der Waals surface area contributed by atoms with E-state index >= 15 is 0 Å². The van der Waals surface area contributed by atoms with E-state index in [1.807, 2.05) is 13.8 Å². The molecule has 2 aliphatic rings.